The summed E-state index contributed by atoms with van der Waals surface area (Å²) in [6.07, 6.45) is 0. The van der Waals surface area contributed by atoms with E-state index in [1.807, 2.05) is 23.1 Å². The number of aryl methyl sites for hydroxylation is 1. The molecule has 0 saturated carbocycles. The van der Waals surface area contributed by atoms with Gasteiger partial charge in [-0.25, -0.2) is 0 Å². The summed E-state index contributed by atoms with van der Waals surface area (Å²) in [4.78, 5) is 2.77. The monoisotopic (exact) mass is 355 g/mol. The van der Waals surface area contributed by atoms with Gasteiger partial charge in [-0.3, -0.25) is 0 Å². The minimum absolute atomic E-state index is 0.439. The van der Waals surface area contributed by atoms with Crippen molar-refractivity contribution < 1.29 is 0 Å². The van der Waals surface area contributed by atoms with Gasteiger partial charge in [-0.05, 0) is 48.7 Å². The van der Waals surface area contributed by atoms with Gasteiger partial charge in [-0.1, -0.05) is 28.9 Å². The first kappa shape index (κ1) is 15.1. The van der Waals surface area contributed by atoms with Crippen molar-refractivity contribution in [2.24, 2.45) is 0 Å². The van der Waals surface area contributed by atoms with Crippen molar-refractivity contribution in [2.45, 2.75) is 24.8 Å². The molecule has 0 radical (unpaired) electrons. The Balaban J connectivity index is 2.04. The second-order valence-electron chi connectivity index (χ2n) is 4.35. The second-order valence-corrected chi connectivity index (χ2v) is 7.30. The largest absolute Gasteiger partial charge is 0.309 e. The van der Waals surface area contributed by atoms with Crippen LogP contribution in [-0.4, -0.2) is 12.3 Å². The lowest BCUT2D eigenvalue weighted by Gasteiger charge is -2.17. The molecule has 1 aromatic carbocycles. The lowest BCUT2D eigenvalue weighted by molar-refractivity contribution is 0.612. The first-order chi connectivity index (χ1) is 9.20. The quantitative estimate of drug-likeness (QED) is 0.709. The van der Waals surface area contributed by atoms with Crippen LogP contribution in [0.4, 0.5) is 0 Å². The van der Waals surface area contributed by atoms with Crippen molar-refractivity contribution in [1.82, 2.24) is 5.32 Å². The highest BCUT2D eigenvalue weighted by molar-refractivity contribution is 9.10. The molecule has 19 heavy (non-hydrogen) atoms. The number of benzene rings is 1. The third kappa shape index (κ3) is 4.35. The maximum atomic E-state index is 3.59. The molecular weight excluding hydrogens is 338 g/mol. The maximum absolute atomic E-state index is 3.59. The zero-order chi connectivity index (χ0) is 13.7. The molecule has 0 saturated heterocycles. The van der Waals surface area contributed by atoms with Crippen LogP contribution in [0, 0.1) is 6.92 Å². The van der Waals surface area contributed by atoms with E-state index in [0.717, 1.165) is 16.8 Å². The van der Waals surface area contributed by atoms with E-state index in [9.17, 15) is 0 Å². The molecule has 1 nitrogen and oxygen atoms in total. The van der Waals surface area contributed by atoms with Gasteiger partial charge in [0.05, 0.1) is 6.04 Å². The van der Waals surface area contributed by atoms with Crippen molar-refractivity contribution in [2.75, 3.05) is 12.3 Å². The molecule has 1 N–H and O–H groups in total. The van der Waals surface area contributed by atoms with E-state index in [0.29, 0.717) is 6.04 Å². The van der Waals surface area contributed by atoms with Gasteiger partial charge in [0.2, 0.25) is 0 Å². The van der Waals surface area contributed by atoms with Gasteiger partial charge in [-0.2, -0.15) is 0 Å². The Morgan fingerprint density at radius 1 is 1.37 bits per heavy atom. The topological polar surface area (TPSA) is 12.0 Å². The molecule has 2 rings (SSSR count). The standard InChI is InChI=1S/C15H18BrNS2/c1-3-17-14(15-11(2)7-8-18-15)10-19-13-6-4-5-12(16)9-13/h4-9,14,17H,3,10H2,1-2H3. The number of hydrogen-bond donors (Lipinski definition) is 1. The van der Waals surface area contributed by atoms with Crippen molar-refractivity contribution in [3.8, 4) is 0 Å². The number of hydrogen-bond acceptors (Lipinski definition) is 3. The van der Waals surface area contributed by atoms with Gasteiger partial charge in [0.25, 0.3) is 0 Å². The zero-order valence-electron chi connectivity index (χ0n) is 11.2. The summed E-state index contributed by atoms with van der Waals surface area (Å²) in [6.45, 7) is 5.36. The highest BCUT2D eigenvalue weighted by Crippen LogP contribution is 2.30. The van der Waals surface area contributed by atoms with E-state index < -0.39 is 0 Å². The van der Waals surface area contributed by atoms with Crippen molar-refractivity contribution in [3.05, 3.63) is 50.6 Å². The van der Waals surface area contributed by atoms with E-state index in [-0.39, 0.29) is 0 Å². The molecule has 0 amide bonds. The van der Waals surface area contributed by atoms with Gasteiger partial charge in [0, 0.05) is 20.0 Å². The molecule has 1 atom stereocenters. The SMILES string of the molecule is CCNC(CSc1cccc(Br)c1)c1sccc1C. The Morgan fingerprint density at radius 2 is 2.21 bits per heavy atom. The average molecular weight is 356 g/mol. The van der Waals surface area contributed by atoms with E-state index in [4.69, 9.17) is 0 Å². The van der Waals surface area contributed by atoms with E-state index in [2.05, 4.69) is 70.8 Å². The highest BCUT2D eigenvalue weighted by Gasteiger charge is 2.14. The Morgan fingerprint density at radius 3 is 2.84 bits per heavy atom. The summed E-state index contributed by atoms with van der Waals surface area (Å²) in [6, 6.07) is 11.1. The molecule has 0 aliphatic heterocycles. The van der Waals surface area contributed by atoms with Crippen LogP contribution in [0.15, 0.2) is 45.1 Å². The summed E-state index contributed by atoms with van der Waals surface area (Å²) < 4.78 is 1.14. The van der Waals surface area contributed by atoms with Crippen molar-refractivity contribution in [1.29, 1.82) is 0 Å². The normalized spacial score (nSPS) is 12.6. The fourth-order valence-corrected chi connectivity index (χ4v) is 4.64. The van der Waals surface area contributed by atoms with Crippen LogP contribution in [0.25, 0.3) is 0 Å². The molecule has 1 unspecified atom stereocenters. The predicted octanol–water partition coefficient (Wildman–Crippen LogP) is 5.26. The van der Waals surface area contributed by atoms with Gasteiger partial charge in [0.1, 0.15) is 0 Å². The van der Waals surface area contributed by atoms with Crippen LogP contribution in [0.5, 0.6) is 0 Å². The number of rotatable bonds is 6. The van der Waals surface area contributed by atoms with Crippen molar-refractivity contribution in [3.63, 3.8) is 0 Å². The third-order valence-electron chi connectivity index (χ3n) is 2.88. The molecular formula is C15H18BrNS2. The Kier molecular flexibility index (Phi) is 5.95. The molecule has 4 heteroatoms. The molecule has 0 fully saturated rings. The van der Waals surface area contributed by atoms with Gasteiger partial charge >= 0.3 is 0 Å². The summed E-state index contributed by atoms with van der Waals surface area (Å²) >= 11 is 7.28. The summed E-state index contributed by atoms with van der Waals surface area (Å²) in [5.41, 5.74) is 1.39. The first-order valence-corrected chi connectivity index (χ1v) is 9.02. The van der Waals surface area contributed by atoms with Gasteiger partial charge in [0.15, 0.2) is 0 Å². The minimum Gasteiger partial charge on any atom is -0.309 e. The molecule has 0 aliphatic carbocycles. The number of thiophene rings is 1. The number of nitrogens with one attached hydrogen (secondary N) is 1. The molecule has 0 aliphatic rings. The Hall–Kier alpha value is -0.290. The Bertz CT molecular complexity index is 524. The van der Waals surface area contributed by atoms with E-state index in [1.54, 1.807) is 0 Å². The summed E-state index contributed by atoms with van der Waals surface area (Å²) in [5.74, 6) is 1.06. The summed E-state index contributed by atoms with van der Waals surface area (Å²) in [5, 5.41) is 5.77. The zero-order valence-corrected chi connectivity index (χ0v) is 14.4. The maximum Gasteiger partial charge on any atom is 0.0512 e. The van der Waals surface area contributed by atoms with Gasteiger partial charge in [-0.15, -0.1) is 23.1 Å². The molecule has 102 valence electrons. The first-order valence-electron chi connectivity index (χ1n) is 6.36. The summed E-state index contributed by atoms with van der Waals surface area (Å²) in [7, 11) is 0. The van der Waals surface area contributed by atoms with Crippen LogP contribution in [-0.2, 0) is 0 Å². The number of halogens is 1. The molecule has 1 aromatic heterocycles. The molecule has 0 spiro atoms. The van der Waals surface area contributed by atoms with Gasteiger partial charge < -0.3 is 5.32 Å². The Labute approximate surface area is 131 Å². The van der Waals surface area contributed by atoms with E-state index in [1.165, 1.54) is 15.3 Å². The number of thioether (sulfide) groups is 1. The average Bonchev–Trinajstić information content (AvgIpc) is 2.81. The third-order valence-corrected chi connectivity index (χ3v) is 5.59. The molecule has 1 heterocycles. The predicted molar refractivity (Wildman–Crippen MR) is 90.3 cm³/mol. The smallest absolute Gasteiger partial charge is 0.0512 e. The highest BCUT2D eigenvalue weighted by atomic mass is 79.9. The van der Waals surface area contributed by atoms with Crippen LogP contribution in [0.3, 0.4) is 0 Å². The lowest BCUT2D eigenvalue weighted by Crippen LogP contribution is -2.22. The van der Waals surface area contributed by atoms with Crippen LogP contribution in [0.2, 0.25) is 0 Å². The second kappa shape index (κ2) is 7.48. The minimum atomic E-state index is 0.439. The van der Waals surface area contributed by atoms with Crippen LogP contribution in [0.1, 0.15) is 23.4 Å². The fraction of sp³-hybridized carbons (Fsp3) is 0.333. The van der Waals surface area contributed by atoms with E-state index >= 15 is 0 Å². The van der Waals surface area contributed by atoms with Crippen molar-refractivity contribution >= 4 is 39.0 Å². The lowest BCUT2D eigenvalue weighted by atomic mass is 10.2. The fourth-order valence-electron chi connectivity index (χ4n) is 1.95. The molecule has 0 bridgehead atoms. The molecule has 2 aromatic rings. The van der Waals surface area contributed by atoms with Crippen LogP contribution >= 0.6 is 39.0 Å². The van der Waals surface area contributed by atoms with Crippen LogP contribution < -0.4 is 5.32 Å².